The van der Waals surface area contributed by atoms with Crippen molar-refractivity contribution in [2.75, 3.05) is 25.5 Å². The summed E-state index contributed by atoms with van der Waals surface area (Å²) in [5.74, 6) is -0.0559. The van der Waals surface area contributed by atoms with Gasteiger partial charge in [0, 0.05) is 29.9 Å². The highest BCUT2D eigenvalue weighted by Crippen LogP contribution is 2.30. The maximum Gasteiger partial charge on any atom is 0.248 e. The minimum atomic E-state index is -3.66. The van der Waals surface area contributed by atoms with Crippen molar-refractivity contribution in [2.24, 2.45) is 0 Å². The third-order valence-electron chi connectivity index (χ3n) is 4.64. The molecule has 0 spiro atoms. The summed E-state index contributed by atoms with van der Waals surface area (Å²) in [4.78, 5) is 12.3. The van der Waals surface area contributed by atoms with E-state index >= 15 is 0 Å². The lowest BCUT2D eigenvalue weighted by Crippen LogP contribution is -2.35. The highest BCUT2D eigenvalue weighted by Gasteiger charge is 2.28. The Morgan fingerprint density at radius 2 is 1.90 bits per heavy atom. The lowest BCUT2D eigenvalue weighted by atomic mass is 10.2. The number of methoxy groups -OCH3 is 1. The number of nitrogens with zero attached hydrogens (tertiary/aromatic N) is 1. The van der Waals surface area contributed by atoms with Crippen LogP contribution < -0.4 is 10.1 Å². The Balaban J connectivity index is 1.80. The number of benzene rings is 2. The lowest BCUT2D eigenvalue weighted by molar-refractivity contribution is -0.111. The number of rotatable bonds is 6. The normalized spacial score (nSPS) is 15.4. The van der Waals surface area contributed by atoms with Crippen molar-refractivity contribution in [3.8, 4) is 5.75 Å². The summed E-state index contributed by atoms with van der Waals surface area (Å²) in [6, 6.07) is 11.7. The number of piperidine rings is 1. The van der Waals surface area contributed by atoms with Gasteiger partial charge in [0.15, 0.2) is 0 Å². The van der Waals surface area contributed by atoms with E-state index in [1.165, 1.54) is 23.6 Å². The molecule has 1 amide bonds. The fraction of sp³-hybridized carbons (Fsp3) is 0.286. The van der Waals surface area contributed by atoms with Gasteiger partial charge in [0.25, 0.3) is 0 Å². The predicted octanol–water partition coefficient (Wildman–Crippen LogP) is 4.18. The summed E-state index contributed by atoms with van der Waals surface area (Å²) >= 11 is 5.91. The number of nitrogens with one attached hydrogen (secondary N) is 1. The van der Waals surface area contributed by atoms with E-state index < -0.39 is 10.0 Å². The zero-order chi connectivity index (χ0) is 20.9. The molecule has 1 heterocycles. The van der Waals surface area contributed by atoms with Gasteiger partial charge in [-0.05, 0) is 54.8 Å². The Labute approximate surface area is 176 Å². The predicted molar refractivity (Wildman–Crippen MR) is 115 cm³/mol. The molecule has 2 aromatic rings. The van der Waals surface area contributed by atoms with E-state index in [-0.39, 0.29) is 16.6 Å². The number of hydrogen-bond acceptors (Lipinski definition) is 4. The largest absolute Gasteiger partial charge is 0.495 e. The highest BCUT2D eigenvalue weighted by atomic mass is 35.5. The SMILES string of the molecule is COc1ccc(C=CC(=O)Nc2cccc(Cl)c2)cc1S(=O)(=O)N1CCCCC1. The molecule has 0 radical (unpaired) electrons. The molecule has 0 unspecified atom stereocenters. The molecule has 2 aromatic carbocycles. The van der Waals surface area contributed by atoms with Gasteiger partial charge in [0.2, 0.25) is 15.9 Å². The summed E-state index contributed by atoms with van der Waals surface area (Å²) in [5.41, 5.74) is 1.16. The van der Waals surface area contributed by atoms with Gasteiger partial charge in [0.05, 0.1) is 7.11 Å². The zero-order valence-electron chi connectivity index (χ0n) is 16.1. The van der Waals surface area contributed by atoms with E-state index in [4.69, 9.17) is 16.3 Å². The number of halogens is 1. The molecule has 6 nitrogen and oxygen atoms in total. The van der Waals surface area contributed by atoms with Gasteiger partial charge in [-0.3, -0.25) is 4.79 Å². The second-order valence-corrected chi connectivity index (χ2v) is 9.05. The quantitative estimate of drug-likeness (QED) is 0.692. The number of anilines is 1. The molecule has 0 atom stereocenters. The molecule has 1 N–H and O–H groups in total. The van der Waals surface area contributed by atoms with Gasteiger partial charge in [-0.2, -0.15) is 4.31 Å². The third-order valence-corrected chi connectivity index (χ3v) is 6.79. The minimum Gasteiger partial charge on any atom is -0.495 e. The van der Waals surface area contributed by atoms with Gasteiger partial charge in [-0.25, -0.2) is 8.42 Å². The van der Waals surface area contributed by atoms with E-state index in [1.807, 2.05) is 0 Å². The van der Waals surface area contributed by atoms with Gasteiger partial charge >= 0.3 is 0 Å². The monoisotopic (exact) mass is 434 g/mol. The molecule has 0 saturated carbocycles. The fourth-order valence-corrected chi connectivity index (χ4v) is 5.06. The van der Waals surface area contributed by atoms with Crippen LogP contribution >= 0.6 is 11.6 Å². The number of ether oxygens (including phenoxy) is 1. The molecule has 29 heavy (non-hydrogen) atoms. The van der Waals surface area contributed by atoms with Gasteiger partial charge in [-0.1, -0.05) is 30.2 Å². The first-order chi connectivity index (χ1) is 13.9. The third kappa shape index (κ3) is 5.38. The zero-order valence-corrected chi connectivity index (χ0v) is 17.7. The first-order valence-corrected chi connectivity index (χ1v) is 11.1. The molecule has 1 aliphatic rings. The Morgan fingerprint density at radius 1 is 1.14 bits per heavy atom. The molecule has 0 aromatic heterocycles. The fourth-order valence-electron chi connectivity index (χ4n) is 3.16. The molecule has 8 heteroatoms. The Hall–Kier alpha value is -2.35. The van der Waals surface area contributed by atoms with Crippen LogP contribution in [0.25, 0.3) is 6.08 Å². The van der Waals surface area contributed by atoms with Crippen LogP contribution in [-0.2, 0) is 14.8 Å². The van der Waals surface area contributed by atoms with Crippen LogP contribution in [0.5, 0.6) is 5.75 Å². The number of amides is 1. The van der Waals surface area contributed by atoms with E-state index in [1.54, 1.807) is 42.5 Å². The van der Waals surface area contributed by atoms with Crippen molar-refractivity contribution >= 4 is 39.3 Å². The van der Waals surface area contributed by atoms with Crippen molar-refractivity contribution in [1.29, 1.82) is 0 Å². The number of hydrogen-bond donors (Lipinski definition) is 1. The second-order valence-electron chi connectivity index (χ2n) is 6.71. The van der Waals surface area contributed by atoms with Gasteiger partial charge < -0.3 is 10.1 Å². The van der Waals surface area contributed by atoms with Gasteiger partial charge in [-0.15, -0.1) is 0 Å². The van der Waals surface area contributed by atoms with Crippen LogP contribution in [0.15, 0.2) is 53.4 Å². The molecular weight excluding hydrogens is 412 g/mol. The molecule has 1 fully saturated rings. The molecular formula is C21H23ClN2O4S. The molecule has 1 aliphatic heterocycles. The number of carbonyl (C=O) groups is 1. The molecule has 1 saturated heterocycles. The van der Waals surface area contributed by atoms with Crippen LogP contribution in [0.2, 0.25) is 5.02 Å². The van der Waals surface area contributed by atoms with Crippen molar-refractivity contribution in [3.63, 3.8) is 0 Å². The van der Waals surface area contributed by atoms with Crippen LogP contribution in [-0.4, -0.2) is 38.8 Å². The summed E-state index contributed by atoms with van der Waals surface area (Å²) < 4.78 is 32.9. The summed E-state index contributed by atoms with van der Waals surface area (Å²) in [5, 5.41) is 3.23. The molecule has 154 valence electrons. The van der Waals surface area contributed by atoms with Crippen molar-refractivity contribution in [3.05, 3.63) is 59.1 Å². The minimum absolute atomic E-state index is 0.110. The summed E-state index contributed by atoms with van der Waals surface area (Å²) in [6.45, 7) is 1.02. The first kappa shape index (κ1) is 21.4. The molecule has 0 aliphatic carbocycles. The van der Waals surface area contributed by atoms with E-state index in [0.717, 1.165) is 19.3 Å². The summed E-state index contributed by atoms with van der Waals surface area (Å²) in [6.07, 6.45) is 5.65. The maximum atomic E-state index is 13.1. The number of sulfonamides is 1. The van der Waals surface area contributed by atoms with Crippen LogP contribution in [0.3, 0.4) is 0 Å². The number of carbonyl (C=O) groups excluding carboxylic acids is 1. The lowest BCUT2D eigenvalue weighted by Gasteiger charge is -2.26. The van der Waals surface area contributed by atoms with E-state index in [0.29, 0.717) is 29.4 Å². The Bertz CT molecular complexity index is 1020. The maximum absolute atomic E-state index is 13.1. The second kappa shape index (κ2) is 9.43. The van der Waals surface area contributed by atoms with Crippen molar-refractivity contribution < 1.29 is 17.9 Å². The van der Waals surface area contributed by atoms with Crippen LogP contribution in [0.1, 0.15) is 24.8 Å². The molecule has 0 bridgehead atoms. The molecule has 3 rings (SSSR count). The van der Waals surface area contributed by atoms with Crippen LogP contribution in [0, 0.1) is 0 Å². The average Bonchev–Trinajstić information content (AvgIpc) is 2.72. The van der Waals surface area contributed by atoms with E-state index in [9.17, 15) is 13.2 Å². The standard InChI is InChI=1S/C21H23ClN2O4S/c1-28-19-10-8-16(9-11-21(25)23-18-7-5-6-17(22)15-18)14-20(19)29(26,27)24-12-3-2-4-13-24/h5-11,14-15H,2-4,12-13H2,1H3,(H,23,25). The summed E-state index contributed by atoms with van der Waals surface area (Å²) in [7, 11) is -2.22. The Morgan fingerprint density at radius 3 is 2.59 bits per heavy atom. The highest BCUT2D eigenvalue weighted by molar-refractivity contribution is 7.89. The van der Waals surface area contributed by atoms with Crippen molar-refractivity contribution in [2.45, 2.75) is 24.2 Å². The first-order valence-electron chi connectivity index (χ1n) is 9.33. The van der Waals surface area contributed by atoms with Crippen molar-refractivity contribution in [1.82, 2.24) is 4.31 Å². The van der Waals surface area contributed by atoms with Gasteiger partial charge in [0.1, 0.15) is 10.6 Å². The van der Waals surface area contributed by atoms with E-state index in [2.05, 4.69) is 5.32 Å². The Kier molecular flexibility index (Phi) is 6.95. The smallest absolute Gasteiger partial charge is 0.248 e. The topological polar surface area (TPSA) is 75.7 Å². The average molecular weight is 435 g/mol. The van der Waals surface area contributed by atoms with Crippen LogP contribution in [0.4, 0.5) is 5.69 Å².